The van der Waals surface area contributed by atoms with E-state index < -0.39 is 46.8 Å². The fraction of sp³-hybridized carbons (Fsp3) is 0.231. The van der Waals surface area contributed by atoms with Gasteiger partial charge in [-0.2, -0.15) is 0 Å². The van der Waals surface area contributed by atoms with E-state index in [2.05, 4.69) is 0 Å². The lowest BCUT2D eigenvalue weighted by Crippen LogP contribution is -2.53. The molecule has 2 aliphatic carbocycles. The summed E-state index contributed by atoms with van der Waals surface area (Å²) in [6.07, 6.45) is 2.50. The molecule has 48 heavy (non-hydrogen) atoms. The number of halogens is 2. The number of hydrogen-bond donors (Lipinski definition) is 1. The molecule has 4 aromatic rings. The SMILES string of the molecule is O=C1[C@H]2[C@H](CC=C3[C@H]2C[C@H]2C(=O)N(c4cccc(Cl)c4)C(=O)[C@@]2(c2ccccc2)[C@H]3c2ccc(O)cc2Cl)C(=O)N1Cc1ccccc1. The van der Waals surface area contributed by atoms with E-state index >= 15 is 4.79 Å². The summed E-state index contributed by atoms with van der Waals surface area (Å²) in [4.78, 5) is 60.8. The van der Waals surface area contributed by atoms with E-state index in [9.17, 15) is 19.5 Å². The monoisotopic (exact) mass is 676 g/mol. The van der Waals surface area contributed by atoms with Gasteiger partial charge in [0.25, 0.3) is 0 Å². The molecule has 1 N–H and O–H groups in total. The summed E-state index contributed by atoms with van der Waals surface area (Å²) in [6, 6.07) is 30.0. The average Bonchev–Trinajstić information content (AvgIpc) is 3.46. The summed E-state index contributed by atoms with van der Waals surface area (Å²) in [5.41, 5.74) is 1.78. The van der Waals surface area contributed by atoms with E-state index in [4.69, 9.17) is 23.2 Å². The van der Waals surface area contributed by atoms with Gasteiger partial charge in [0.15, 0.2) is 0 Å². The maximum atomic E-state index is 15.2. The Bertz CT molecular complexity index is 2030. The highest BCUT2D eigenvalue weighted by molar-refractivity contribution is 6.33. The minimum Gasteiger partial charge on any atom is -0.508 e. The molecule has 8 rings (SSSR count). The molecule has 0 radical (unpaired) electrons. The number of allylic oxidation sites excluding steroid dienone is 2. The van der Waals surface area contributed by atoms with Gasteiger partial charge in [0.1, 0.15) is 5.75 Å². The fourth-order valence-corrected chi connectivity index (χ4v) is 9.29. The van der Waals surface area contributed by atoms with Gasteiger partial charge in [0.2, 0.25) is 23.6 Å². The zero-order chi connectivity index (χ0) is 33.3. The Morgan fingerprint density at radius 1 is 0.771 bits per heavy atom. The number of fused-ring (bicyclic) bond motifs is 4. The van der Waals surface area contributed by atoms with Gasteiger partial charge in [-0.05, 0) is 65.8 Å². The second-order valence-electron chi connectivity index (χ2n) is 13.0. The number of nitrogens with zero attached hydrogens (tertiary/aromatic N) is 2. The molecule has 240 valence electrons. The molecule has 9 heteroatoms. The Hall–Kier alpha value is -4.72. The van der Waals surface area contributed by atoms with Crippen LogP contribution in [0.4, 0.5) is 5.69 Å². The highest BCUT2D eigenvalue weighted by atomic mass is 35.5. The Kier molecular flexibility index (Phi) is 7.31. The fourth-order valence-electron chi connectivity index (χ4n) is 8.83. The van der Waals surface area contributed by atoms with Crippen molar-refractivity contribution in [1.29, 1.82) is 0 Å². The van der Waals surface area contributed by atoms with E-state index in [1.54, 1.807) is 30.3 Å². The number of carbonyl (C=O) groups is 4. The molecular weight excluding hydrogens is 647 g/mol. The Morgan fingerprint density at radius 3 is 2.21 bits per heavy atom. The lowest BCUT2D eigenvalue weighted by molar-refractivity contribution is -0.141. The lowest BCUT2D eigenvalue weighted by atomic mass is 9.49. The zero-order valence-electron chi connectivity index (χ0n) is 25.6. The second-order valence-corrected chi connectivity index (χ2v) is 13.9. The van der Waals surface area contributed by atoms with Crippen LogP contribution in [-0.2, 0) is 31.1 Å². The molecule has 4 aliphatic rings. The van der Waals surface area contributed by atoms with Crippen LogP contribution in [0.2, 0.25) is 10.0 Å². The van der Waals surface area contributed by atoms with Crippen LogP contribution in [0.1, 0.15) is 35.4 Å². The molecule has 1 saturated carbocycles. The molecule has 4 aromatic carbocycles. The van der Waals surface area contributed by atoms with Gasteiger partial charge >= 0.3 is 0 Å². The molecule has 2 heterocycles. The number of imide groups is 2. The number of hydrogen-bond acceptors (Lipinski definition) is 5. The molecule has 0 aromatic heterocycles. The van der Waals surface area contributed by atoms with E-state index in [-0.39, 0.29) is 35.6 Å². The highest BCUT2D eigenvalue weighted by Crippen LogP contribution is 2.65. The quantitative estimate of drug-likeness (QED) is 0.180. The van der Waals surface area contributed by atoms with E-state index in [1.165, 1.54) is 21.9 Å². The third-order valence-electron chi connectivity index (χ3n) is 10.7. The summed E-state index contributed by atoms with van der Waals surface area (Å²) in [6.45, 7) is 0.165. The number of benzene rings is 4. The Labute approximate surface area is 287 Å². The van der Waals surface area contributed by atoms with Crippen molar-refractivity contribution in [3.05, 3.63) is 142 Å². The third-order valence-corrected chi connectivity index (χ3v) is 11.3. The smallest absolute Gasteiger partial charge is 0.246 e. The molecule has 6 atom stereocenters. The van der Waals surface area contributed by atoms with Crippen LogP contribution in [-0.4, -0.2) is 33.6 Å². The first-order valence-electron chi connectivity index (χ1n) is 16.0. The number of aromatic hydroxyl groups is 1. The number of likely N-dealkylation sites (tertiary alicyclic amines) is 1. The molecule has 2 saturated heterocycles. The van der Waals surface area contributed by atoms with Gasteiger partial charge in [-0.25, -0.2) is 4.90 Å². The van der Waals surface area contributed by atoms with Crippen LogP contribution in [0, 0.1) is 23.7 Å². The molecule has 0 bridgehead atoms. The topological polar surface area (TPSA) is 95.0 Å². The van der Waals surface area contributed by atoms with Crippen LogP contribution < -0.4 is 4.90 Å². The Balaban J connectivity index is 1.33. The predicted molar refractivity (Wildman–Crippen MR) is 181 cm³/mol. The number of anilines is 1. The minimum absolute atomic E-state index is 0.0402. The summed E-state index contributed by atoms with van der Waals surface area (Å²) >= 11 is 13.3. The molecule has 7 nitrogen and oxygen atoms in total. The van der Waals surface area contributed by atoms with Crippen LogP contribution in [0.3, 0.4) is 0 Å². The van der Waals surface area contributed by atoms with Crippen molar-refractivity contribution in [1.82, 2.24) is 4.90 Å². The molecule has 4 amide bonds. The standard InChI is InChI=1S/C39H30Cl2N2O5/c40-24-12-7-13-25(18-24)43-36(46)31-20-30-27(16-17-29-33(30)37(47)42(35(29)45)21-22-8-3-1-4-9-22)34(28-15-14-26(44)19-32(28)41)39(31,38(43)48)23-10-5-2-6-11-23/h1-16,18-19,29-31,33-34,44H,17,20-21H2/t29-,30+,31-,33-,34+,39+/m0/s1. The number of rotatable bonds is 5. The lowest BCUT2D eigenvalue weighted by Gasteiger charge is -2.51. The largest absolute Gasteiger partial charge is 0.508 e. The zero-order valence-corrected chi connectivity index (χ0v) is 27.1. The number of phenolic OH excluding ortho intramolecular Hbond substituents is 1. The van der Waals surface area contributed by atoms with E-state index in [1.807, 2.05) is 66.7 Å². The second kappa shape index (κ2) is 11.5. The van der Waals surface area contributed by atoms with Crippen molar-refractivity contribution in [3.63, 3.8) is 0 Å². The third kappa shape index (κ3) is 4.41. The summed E-state index contributed by atoms with van der Waals surface area (Å²) in [5.74, 6) is -4.80. The van der Waals surface area contributed by atoms with Crippen molar-refractivity contribution in [2.45, 2.75) is 30.7 Å². The van der Waals surface area contributed by atoms with Gasteiger partial charge in [0, 0.05) is 16.0 Å². The molecule has 0 spiro atoms. The first-order chi connectivity index (χ1) is 23.2. The minimum atomic E-state index is -1.44. The predicted octanol–water partition coefficient (Wildman–Crippen LogP) is 7.06. The van der Waals surface area contributed by atoms with Crippen LogP contribution in [0.15, 0.2) is 115 Å². The summed E-state index contributed by atoms with van der Waals surface area (Å²) in [5, 5.41) is 11.0. The maximum Gasteiger partial charge on any atom is 0.246 e. The van der Waals surface area contributed by atoms with Crippen molar-refractivity contribution in [2.24, 2.45) is 23.7 Å². The first-order valence-corrected chi connectivity index (χ1v) is 16.7. The van der Waals surface area contributed by atoms with Gasteiger partial charge in [-0.1, -0.05) is 108 Å². The molecular formula is C39H30Cl2N2O5. The molecule has 2 aliphatic heterocycles. The van der Waals surface area contributed by atoms with Crippen molar-refractivity contribution >= 4 is 52.5 Å². The van der Waals surface area contributed by atoms with Gasteiger partial charge in [-0.15, -0.1) is 0 Å². The number of phenols is 1. The van der Waals surface area contributed by atoms with E-state index in [0.717, 1.165) is 11.1 Å². The van der Waals surface area contributed by atoms with Crippen LogP contribution in [0.5, 0.6) is 5.75 Å². The number of carbonyl (C=O) groups excluding carboxylic acids is 4. The van der Waals surface area contributed by atoms with Crippen molar-refractivity contribution < 1.29 is 24.3 Å². The van der Waals surface area contributed by atoms with Crippen LogP contribution >= 0.6 is 23.2 Å². The summed E-state index contributed by atoms with van der Waals surface area (Å²) in [7, 11) is 0. The highest BCUT2D eigenvalue weighted by Gasteiger charge is 2.70. The van der Waals surface area contributed by atoms with E-state index in [0.29, 0.717) is 28.3 Å². The Morgan fingerprint density at radius 2 is 1.50 bits per heavy atom. The van der Waals surface area contributed by atoms with Gasteiger partial charge in [0.05, 0.1) is 35.4 Å². The van der Waals surface area contributed by atoms with Gasteiger partial charge in [-0.3, -0.25) is 24.1 Å². The molecule has 3 fully saturated rings. The average molecular weight is 678 g/mol. The maximum absolute atomic E-state index is 15.2. The number of amides is 4. The first kappa shape index (κ1) is 30.6. The normalized spacial score (nSPS) is 27.9. The molecule has 0 unspecified atom stereocenters. The van der Waals surface area contributed by atoms with Crippen molar-refractivity contribution in [2.75, 3.05) is 4.90 Å². The van der Waals surface area contributed by atoms with Gasteiger partial charge < -0.3 is 5.11 Å². The van der Waals surface area contributed by atoms with Crippen LogP contribution in [0.25, 0.3) is 0 Å². The summed E-state index contributed by atoms with van der Waals surface area (Å²) < 4.78 is 0. The van der Waals surface area contributed by atoms with Crippen molar-refractivity contribution in [3.8, 4) is 5.75 Å².